The highest BCUT2D eigenvalue weighted by Gasteiger charge is 2.29. The van der Waals surface area contributed by atoms with Crippen LogP contribution in [0.5, 0.6) is 11.5 Å². The molecule has 0 radical (unpaired) electrons. The lowest BCUT2D eigenvalue weighted by atomic mass is 10.0. The van der Waals surface area contributed by atoms with Gasteiger partial charge in [0.2, 0.25) is 5.88 Å². The van der Waals surface area contributed by atoms with Crippen molar-refractivity contribution in [2.24, 2.45) is 0 Å². The van der Waals surface area contributed by atoms with Gasteiger partial charge >= 0.3 is 0 Å². The van der Waals surface area contributed by atoms with Crippen molar-refractivity contribution in [3.8, 4) is 33.8 Å². The van der Waals surface area contributed by atoms with Gasteiger partial charge in [-0.1, -0.05) is 91.0 Å². The molecule has 0 aromatic heterocycles. The van der Waals surface area contributed by atoms with E-state index < -0.39 is 26.5 Å². The second kappa shape index (κ2) is 16.0. The van der Waals surface area contributed by atoms with E-state index in [0.29, 0.717) is 50.4 Å². The second-order valence-electron chi connectivity index (χ2n) is 12.3. The molecule has 4 aromatic rings. The van der Waals surface area contributed by atoms with Gasteiger partial charge in [0.25, 0.3) is 20.2 Å². The molecule has 266 valence electrons. The third-order valence-corrected chi connectivity index (χ3v) is 10.2. The summed E-state index contributed by atoms with van der Waals surface area (Å²) in [7, 11) is -8.08. The Balaban J connectivity index is 1.18. The first kappa shape index (κ1) is 35.9. The highest BCUT2D eigenvalue weighted by Crippen LogP contribution is 2.42. The van der Waals surface area contributed by atoms with Crippen LogP contribution in [0.4, 0.5) is 11.4 Å². The minimum Gasteiger partial charge on any atom is -0.465 e. The summed E-state index contributed by atoms with van der Waals surface area (Å²) < 4.78 is 76.1. The Morgan fingerprint density at radius 2 is 1.18 bits per heavy atom. The van der Waals surface area contributed by atoms with Crippen LogP contribution >= 0.6 is 0 Å². The maximum atomic E-state index is 11.3. The summed E-state index contributed by atoms with van der Waals surface area (Å²) >= 11 is 0. The molecule has 2 aliphatic heterocycles. The number of hydrogen-bond acceptors (Lipinski definition) is 8. The van der Waals surface area contributed by atoms with E-state index in [1.54, 1.807) is 0 Å². The molecule has 4 aromatic carbocycles. The smallest absolute Gasteiger partial charge is 0.264 e. The summed E-state index contributed by atoms with van der Waals surface area (Å²) in [6.45, 7) is 1.01. The number of anilines is 2. The summed E-state index contributed by atoms with van der Waals surface area (Å²) in [4.78, 5) is 4.10. The van der Waals surface area contributed by atoms with Crippen molar-refractivity contribution in [3.05, 3.63) is 133 Å². The molecule has 2 aliphatic rings. The van der Waals surface area contributed by atoms with E-state index in [1.807, 2.05) is 120 Å². The maximum absolute atomic E-state index is 11.3. The van der Waals surface area contributed by atoms with Gasteiger partial charge in [-0.15, -0.1) is 0 Å². The maximum Gasteiger partial charge on any atom is 0.264 e. The predicted octanol–water partition coefficient (Wildman–Crippen LogP) is 7.73. The fourth-order valence-corrected chi connectivity index (χ4v) is 7.26. The summed E-state index contributed by atoms with van der Waals surface area (Å²) in [6.07, 6.45) is 10.6. The molecule has 6 rings (SSSR count). The van der Waals surface area contributed by atoms with E-state index in [-0.39, 0.29) is 11.5 Å². The molecule has 1 unspecified atom stereocenters. The van der Waals surface area contributed by atoms with Crippen LogP contribution in [0.15, 0.2) is 133 Å². The highest BCUT2D eigenvalue weighted by molar-refractivity contribution is 7.86. The molecule has 51 heavy (non-hydrogen) atoms. The molecule has 0 saturated carbocycles. The molecular weight excluding hydrogens is 689 g/mol. The first-order valence-corrected chi connectivity index (χ1v) is 20.0. The van der Waals surface area contributed by atoms with Crippen molar-refractivity contribution in [3.63, 3.8) is 0 Å². The number of nitrogens with zero attached hydrogens (tertiary/aromatic N) is 2. The summed E-state index contributed by atoms with van der Waals surface area (Å²) in [6, 6.07) is 32.0. The molecule has 2 heterocycles. The van der Waals surface area contributed by atoms with Crippen molar-refractivity contribution in [2.75, 3.05) is 34.4 Å². The van der Waals surface area contributed by atoms with Crippen LogP contribution < -0.4 is 19.3 Å². The molecule has 0 fully saturated rings. The minimum atomic E-state index is -4.04. The lowest BCUT2D eigenvalue weighted by molar-refractivity contribution is 0.272. The quantitative estimate of drug-likeness (QED) is 0.0712. The van der Waals surface area contributed by atoms with Crippen molar-refractivity contribution in [2.45, 2.75) is 31.9 Å². The molecule has 0 saturated heterocycles. The molecule has 0 spiro atoms. The number of fused-ring (bicyclic) bond motifs is 2. The zero-order valence-corrected chi connectivity index (χ0v) is 29.5. The average molecular weight is 729 g/mol. The molecule has 10 nitrogen and oxygen atoms in total. The van der Waals surface area contributed by atoms with Crippen LogP contribution in [0.2, 0.25) is 0 Å². The highest BCUT2D eigenvalue weighted by atomic mass is 32.2. The zero-order chi connectivity index (χ0) is 35.8. The van der Waals surface area contributed by atoms with Gasteiger partial charge in [0, 0.05) is 13.1 Å². The Morgan fingerprint density at radius 3 is 1.78 bits per heavy atom. The minimum absolute atomic E-state index is 0.298. The number of benzene rings is 4. The molecule has 2 N–H and O–H groups in total. The average Bonchev–Trinajstić information content (AvgIpc) is 3.64. The standard InChI is InChI=1S/C39H40N2O8S2/c42-50(43,44)26-12-10-24-40-34-28-32(30-14-4-1-5-15-30)20-22-36(34)48-38(40)18-8-3-9-19-39-41(25-11-13-27-51(45,46)47)35-29-33(21-23-37(35)49-39)31-16-6-2-7-17-31/h1-9,14-23,28-29,38H,10-13,24-27H2,(H,42,43,44)(H,45,46,47). The molecule has 1 atom stereocenters. The topological polar surface area (TPSA) is 134 Å². The Hall–Kier alpha value is -4.88. The van der Waals surface area contributed by atoms with Gasteiger partial charge in [-0.2, -0.15) is 16.8 Å². The van der Waals surface area contributed by atoms with Crippen molar-refractivity contribution >= 4 is 31.6 Å². The Labute approximate surface area is 299 Å². The van der Waals surface area contributed by atoms with Crippen molar-refractivity contribution in [1.82, 2.24) is 0 Å². The van der Waals surface area contributed by atoms with E-state index in [4.69, 9.17) is 9.47 Å². The number of unbranched alkanes of at least 4 members (excludes halogenated alkanes) is 2. The molecular formula is C39H40N2O8S2. The predicted molar refractivity (Wildman–Crippen MR) is 201 cm³/mol. The van der Waals surface area contributed by atoms with Gasteiger partial charge in [0.1, 0.15) is 5.75 Å². The van der Waals surface area contributed by atoms with Crippen LogP contribution in [0.3, 0.4) is 0 Å². The number of allylic oxidation sites excluding steroid dienone is 4. The zero-order valence-electron chi connectivity index (χ0n) is 27.9. The SMILES string of the molecule is O=S(=O)(O)CCCCN1C(=CC=CC=CC2Oc3ccc(-c4ccccc4)cc3N2CCCCS(=O)(=O)O)Oc2ccc(-c3ccccc3)cc21. The van der Waals surface area contributed by atoms with E-state index >= 15 is 0 Å². The van der Waals surface area contributed by atoms with E-state index in [9.17, 15) is 25.9 Å². The van der Waals surface area contributed by atoms with Crippen LogP contribution in [-0.2, 0) is 20.2 Å². The fraction of sp³-hybridized carbons (Fsp3) is 0.231. The molecule has 0 bridgehead atoms. The number of hydrogen-bond donors (Lipinski definition) is 2. The van der Waals surface area contributed by atoms with Crippen LogP contribution in [-0.4, -0.2) is 56.8 Å². The molecule has 12 heteroatoms. The van der Waals surface area contributed by atoms with Gasteiger partial charge in [-0.05, 0) is 84.4 Å². The first-order valence-electron chi connectivity index (χ1n) is 16.8. The van der Waals surface area contributed by atoms with Gasteiger partial charge < -0.3 is 19.3 Å². The number of ether oxygens (including phenoxy) is 2. The van der Waals surface area contributed by atoms with Gasteiger partial charge in [-0.3, -0.25) is 9.11 Å². The van der Waals surface area contributed by atoms with E-state index in [2.05, 4.69) is 17.0 Å². The van der Waals surface area contributed by atoms with Crippen LogP contribution in [0, 0.1) is 0 Å². The Kier molecular flexibility index (Phi) is 11.3. The van der Waals surface area contributed by atoms with Crippen LogP contribution in [0.25, 0.3) is 22.3 Å². The first-order chi connectivity index (χ1) is 24.5. The third-order valence-electron chi connectivity index (χ3n) is 8.59. The summed E-state index contributed by atoms with van der Waals surface area (Å²) in [5.74, 6) is 1.40. The van der Waals surface area contributed by atoms with Gasteiger partial charge in [0.15, 0.2) is 12.0 Å². The van der Waals surface area contributed by atoms with Gasteiger partial charge in [-0.25, -0.2) is 0 Å². The van der Waals surface area contributed by atoms with E-state index in [0.717, 1.165) is 39.4 Å². The van der Waals surface area contributed by atoms with Crippen molar-refractivity contribution < 1.29 is 35.4 Å². The normalized spacial score (nSPS) is 16.5. The number of rotatable bonds is 15. The van der Waals surface area contributed by atoms with E-state index in [1.165, 1.54) is 0 Å². The largest absolute Gasteiger partial charge is 0.465 e. The third kappa shape index (κ3) is 9.67. The Morgan fingerprint density at radius 1 is 0.608 bits per heavy atom. The monoisotopic (exact) mass is 728 g/mol. The lowest BCUT2D eigenvalue weighted by Crippen LogP contribution is -2.34. The molecule has 0 aliphatic carbocycles. The lowest BCUT2D eigenvalue weighted by Gasteiger charge is -2.23. The second-order valence-corrected chi connectivity index (χ2v) is 15.5. The summed E-state index contributed by atoms with van der Waals surface area (Å²) in [5.41, 5.74) is 5.97. The van der Waals surface area contributed by atoms with Crippen molar-refractivity contribution in [1.29, 1.82) is 0 Å². The van der Waals surface area contributed by atoms with Crippen LogP contribution in [0.1, 0.15) is 25.7 Å². The summed E-state index contributed by atoms with van der Waals surface area (Å²) in [5, 5.41) is 0. The fourth-order valence-electron chi connectivity index (χ4n) is 6.12. The van der Waals surface area contributed by atoms with Gasteiger partial charge in [0.05, 0.1) is 22.9 Å². The Bertz CT molecular complexity index is 2130. The molecule has 0 amide bonds.